The van der Waals surface area contributed by atoms with Crippen LogP contribution in [0.1, 0.15) is 16.1 Å². The third-order valence-electron chi connectivity index (χ3n) is 2.51. The Morgan fingerprint density at radius 2 is 1.76 bits per heavy atom. The molecule has 0 atom stereocenters. The van der Waals surface area contributed by atoms with Gasteiger partial charge < -0.3 is 0 Å². The van der Waals surface area contributed by atoms with E-state index in [0.29, 0.717) is 11.0 Å². The normalized spacial score (nSPS) is 14.8. The van der Waals surface area contributed by atoms with Crippen LogP contribution < -0.4 is 0 Å². The van der Waals surface area contributed by atoms with E-state index < -0.39 is 0 Å². The molecule has 3 rings (SSSR count). The summed E-state index contributed by atoms with van der Waals surface area (Å²) in [5, 5.41) is 1.96. The molecule has 86 valence electrons. The minimum absolute atomic E-state index is 0.262. The number of carbonyl (C=O) groups excluding carboxylic acids is 1. The van der Waals surface area contributed by atoms with Crippen molar-refractivity contribution in [2.75, 3.05) is 0 Å². The van der Waals surface area contributed by atoms with E-state index in [1.54, 1.807) is 0 Å². The molecule has 0 saturated heterocycles. The van der Waals surface area contributed by atoms with Gasteiger partial charge in [-0.2, -0.15) is 0 Å². The molecule has 1 aromatic heterocycles. The number of benzene rings is 1. The van der Waals surface area contributed by atoms with E-state index in [-0.39, 0.29) is 5.78 Å². The highest BCUT2D eigenvalue weighted by Crippen LogP contribution is 2.49. The second kappa shape index (κ2) is 4.88. The van der Waals surface area contributed by atoms with Crippen molar-refractivity contribution in [3.63, 3.8) is 0 Å². The largest absolute Gasteiger partial charge is 0.293 e. The van der Waals surface area contributed by atoms with Crippen LogP contribution in [0.2, 0.25) is 0 Å². The molecule has 2 aromatic rings. The first-order chi connectivity index (χ1) is 8.33. The van der Waals surface area contributed by atoms with Crippen molar-refractivity contribution < 1.29 is 4.79 Å². The number of thiophene rings is 1. The average molecular weight is 278 g/mol. The molecule has 0 fully saturated rings. The monoisotopic (exact) mass is 278 g/mol. The van der Waals surface area contributed by atoms with Crippen LogP contribution in [0.5, 0.6) is 0 Å². The molecule has 0 unspecified atom stereocenters. The molecule has 0 N–H and O–H groups in total. The first-order valence-electron chi connectivity index (χ1n) is 5.32. The molecular weight excluding hydrogens is 268 g/mol. The van der Waals surface area contributed by atoms with Crippen LogP contribution in [-0.4, -0.2) is 10.4 Å². The molecule has 4 heteroatoms. The fourth-order valence-corrected chi connectivity index (χ4v) is 5.22. The highest BCUT2D eigenvalue weighted by molar-refractivity contribution is 8.19. The maximum atomic E-state index is 12.0. The van der Waals surface area contributed by atoms with Crippen LogP contribution in [0.15, 0.2) is 51.6 Å². The highest BCUT2D eigenvalue weighted by atomic mass is 32.2. The molecule has 17 heavy (non-hydrogen) atoms. The Morgan fingerprint density at radius 3 is 2.35 bits per heavy atom. The summed E-state index contributed by atoms with van der Waals surface area (Å²) in [5.41, 5.74) is 0. The second-order valence-electron chi connectivity index (χ2n) is 3.72. The predicted octanol–water partition coefficient (Wildman–Crippen LogP) is 4.55. The Morgan fingerprint density at radius 1 is 1.06 bits per heavy atom. The lowest BCUT2D eigenvalue weighted by Crippen LogP contribution is -2.03. The van der Waals surface area contributed by atoms with Crippen LogP contribution in [0, 0.1) is 0 Å². The van der Waals surface area contributed by atoms with Gasteiger partial charge in [0.2, 0.25) is 0 Å². The summed E-state index contributed by atoms with van der Waals surface area (Å²) >= 11 is 5.15. The van der Waals surface area contributed by atoms with Crippen molar-refractivity contribution in [3.05, 3.63) is 46.7 Å². The minimum atomic E-state index is 0.262. The van der Waals surface area contributed by atoms with Crippen molar-refractivity contribution in [2.24, 2.45) is 0 Å². The lowest BCUT2D eigenvalue weighted by Gasteiger charge is -2.04. The van der Waals surface area contributed by atoms with Crippen molar-refractivity contribution in [1.82, 2.24) is 0 Å². The number of hydrogen-bond donors (Lipinski definition) is 0. The van der Waals surface area contributed by atoms with Crippen molar-refractivity contribution in [3.8, 4) is 0 Å². The molecule has 0 saturated carbocycles. The first kappa shape index (κ1) is 11.4. The summed E-state index contributed by atoms with van der Waals surface area (Å²) in [4.78, 5) is 15.5. The molecule has 2 heterocycles. The van der Waals surface area contributed by atoms with Crippen LogP contribution in [-0.2, 0) is 0 Å². The summed E-state index contributed by atoms with van der Waals surface area (Å²) in [7, 11) is 0. The lowest BCUT2D eigenvalue weighted by atomic mass is 10.2. The van der Waals surface area contributed by atoms with Gasteiger partial charge in [0.25, 0.3) is 0 Å². The van der Waals surface area contributed by atoms with Gasteiger partial charge in [-0.05, 0) is 23.6 Å². The molecule has 1 aliphatic heterocycles. The number of fused-ring (bicyclic) bond motifs is 1. The van der Waals surface area contributed by atoms with Gasteiger partial charge in [-0.25, -0.2) is 0 Å². The zero-order valence-electron chi connectivity index (χ0n) is 8.96. The Kier molecular flexibility index (Phi) is 3.27. The number of Topliss-reactive ketones (excluding diaryl/α,β-unsaturated/α-hetero) is 1. The van der Waals surface area contributed by atoms with E-state index in [0.717, 1.165) is 4.88 Å². The summed E-state index contributed by atoms with van der Waals surface area (Å²) in [6, 6.07) is 12.2. The molecule has 0 radical (unpaired) electrons. The number of carbonyl (C=O) groups is 1. The van der Waals surface area contributed by atoms with E-state index >= 15 is 0 Å². The number of rotatable bonds is 3. The van der Waals surface area contributed by atoms with Crippen molar-refractivity contribution >= 4 is 40.6 Å². The molecule has 1 aromatic carbocycles. The fourth-order valence-electron chi connectivity index (χ4n) is 1.72. The van der Waals surface area contributed by atoms with Gasteiger partial charge in [-0.3, -0.25) is 4.79 Å². The maximum absolute atomic E-state index is 12.0. The number of ketones is 1. The molecule has 0 amide bonds. The first-order valence-corrected chi connectivity index (χ1v) is 7.96. The third-order valence-corrected chi connectivity index (χ3v) is 6.21. The Hall–Kier alpha value is -0.710. The summed E-state index contributed by atoms with van der Waals surface area (Å²) in [6.07, 6.45) is 0.616. The van der Waals surface area contributed by atoms with Crippen molar-refractivity contribution in [2.45, 2.75) is 20.8 Å². The number of hydrogen-bond acceptors (Lipinski definition) is 4. The average Bonchev–Trinajstić information content (AvgIpc) is 2.97. The molecule has 0 spiro atoms. The van der Waals surface area contributed by atoms with Crippen LogP contribution in [0.25, 0.3) is 0 Å². The minimum Gasteiger partial charge on any atom is -0.293 e. The van der Waals surface area contributed by atoms with Gasteiger partial charge in [-0.1, -0.05) is 18.2 Å². The van der Waals surface area contributed by atoms with Crippen LogP contribution in [0.3, 0.4) is 0 Å². The lowest BCUT2D eigenvalue weighted by molar-refractivity contribution is 0.0991. The molecule has 0 bridgehead atoms. The molecular formula is C13H10OS3. The quantitative estimate of drug-likeness (QED) is 0.767. The van der Waals surface area contributed by atoms with Gasteiger partial charge >= 0.3 is 0 Å². The standard InChI is InChI=1S/C13H10OS3/c14-9(10-6-3-7-15-10)8-13-16-11-4-1-2-5-12(11)17-13/h1-7,13H,8H2. The zero-order valence-corrected chi connectivity index (χ0v) is 11.4. The second-order valence-corrected chi connectivity index (χ2v) is 7.45. The van der Waals surface area contributed by atoms with E-state index in [2.05, 4.69) is 24.3 Å². The predicted molar refractivity (Wildman–Crippen MR) is 75.2 cm³/mol. The molecule has 1 aliphatic rings. The maximum Gasteiger partial charge on any atom is 0.174 e. The van der Waals surface area contributed by atoms with Crippen molar-refractivity contribution in [1.29, 1.82) is 0 Å². The Bertz CT molecular complexity index is 508. The number of thioether (sulfide) groups is 2. The third kappa shape index (κ3) is 2.44. The summed E-state index contributed by atoms with van der Waals surface area (Å²) in [5.74, 6) is 0.262. The van der Waals surface area contributed by atoms with Crippen LogP contribution >= 0.6 is 34.9 Å². The molecule has 1 nitrogen and oxygen atoms in total. The zero-order chi connectivity index (χ0) is 11.7. The summed E-state index contributed by atoms with van der Waals surface area (Å²) < 4.78 is 0.335. The summed E-state index contributed by atoms with van der Waals surface area (Å²) in [6.45, 7) is 0. The van der Waals surface area contributed by atoms with E-state index in [9.17, 15) is 4.79 Å². The van der Waals surface area contributed by atoms with E-state index in [4.69, 9.17) is 0 Å². The SMILES string of the molecule is O=C(CC1Sc2ccccc2S1)c1cccs1. The Labute approximate surface area is 113 Å². The Balaban J connectivity index is 1.68. The van der Waals surface area contributed by atoms with E-state index in [1.165, 1.54) is 21.1 Å². The van der Waals surface area contributed by atoms with Gasteiger partial charge in [0.05, 0.1) is 9.46 Å². The fraction of sp³-hybridized carbons (Fsp3) is 0.154. The smallest absolute Gasteiger partial charge is 0.174 e. The van der Waals surface area contributed by atoms with Gasteiger partial charge in [0.15, 0.2) is 5.78 Å². The van der Waals surface area contributed by atoms with Gasteiger partial charge in [0, 0.05) is 16.2 Å². The van der Waals surface area contributed by atoms with Gasteiger partial charge in [0.1, 0.15) is 0 Å². The molecule has 0 aliphatic carbocycles. The van der Waals surface area contributed by atoms with Gasteiger partial charge in [-0.15, -0.1) is 34.9 Å². The highest BCUT2D eigenvalue weighted by Gasteiger charge is 2.25. The van der Waals surface area contributed by atoms with Crippen LogP contribution in [0.4, 0.5) is 0 Å². The topological polar surface area (TPSA) is 17.1 Å². The van der Waals surface area contributed by atoms with E-state index in [1.807, 2.05) is 41.0 Å².